The summed E-state index contributed by atoms with van der Waals surface area (Å²) in [4.78, 5) is 49.7. The van der Waals surface area contributed by atoms with Crippen molar-refractivity contribution in [1.82, 2.24) is 0 Å². The SMILES string of the molecule is CC12CCOC(=O)C=CC=CC(=O)OC3CC4OC5C=C(C(=O)O)CCC5(COC(=O)C1O2)C3(C)C41CO1. The molecule has 3 saturated heterocycles. The third-order valence-electron chi connectivity index (χ3n) is 9.53. The Balaban J connectivity index is 1.38. The second kappa shape index (κ2) is 8.49. The van der Waals surface area contributed by atoms with Crippen LogP contribution in [-0.4, -0.2) is 84.4 Å². The Hall–Kier alpha value is -3.02. The first kappa shape index (κ1) is 25.3. The lowest BCUT2D eigenvalue weighted by molar-refractivity contribution is -0.233. The molecule has 38 heavy (non-hydrogen) atoms. The van der Waals surface area contributed by atoms with Crippen LogP contribution in [0.1, 0.15) is 39.5 Å². The second-order valence-electron chi connectivity index (χ2n) is 11.3. The Labute approximate surface area is 218 Å². The number of cyclic esters (lactones) is 2. The Kier molecular flexibility index (Phi) is 5.65. The molecule has 1 N–H and O–H groups in total. The molecule has 204 valence electrons. The monoisotopic (exact) mass is 530 g/mol. The Morgan fingerprint density at radius 1 is 1.00 bits per heavy atom. The third kappa shape index (κ3) is 3.59. The highest BCUT2D eigenvalue weighted by Crippen LogP contribution is 2.72. The molecule has 6 aliphatic rings. The van der Waals surface area contributed by atoms with Crippen molar-refractivity contribution >= 4 is 23.9 Å². The number of carbonyl (C=O) groups is 4. The number of carbonyl (C=O) groups excluding carboxylic acids is 3. The largest absolute Gasteiger partial charge is 0.478 e. The van der Waals surface area contributed by atoms with E-state index in [0.717, 1.165) is 0 Å². The van der Waals surface area contributed by atoms with Crippen LogP contribution >= 0.6 is 0 Å². The van der Waals surface area contributed by atoms with Crippen molar-refractivity contribution in [3.8, 4) is 0 Å². The van der Waals surface area contributed by atoms with Crippen LogP contribution in [0.5, 0.6) is 0 Å². The number of carboxylic acids is 1. The Bertz CT molecular complexity index is 1180. The number of epoxide rings is 2. The van der Waals surface area contributed by atoms with Gasteiger partial charge in [-0.15, -0.1) is 0 Å². The number of fused-ring (bicyclic) bond motifs is 1. The zero-order valence-corrected chi connectivity index (χ0v) is 21.2. The van der Waals surface area contributed by atoms with Crippen LogP contribution < -0.4 is 0 Å². The summed E-state index contributed by atoms with van der Waals surface area (Å²) in [5.41, 5.74) is -3.08. The van der Waals surface area contributed by atoms with Gasteiger partial charge in [0.1, 0.15) is 23.9 Å². The lowest BCUT2D eigenvalue weighted by Crippen LogP contribution is -2.67. The number of aliphatic carboxylic acids is 1. The summed E-state index contributed by atoms with van der Waals surface area (Å²) in [6.07, 6.45) is 5.45. The van der Waals surface area contributed by atoms with E-state index in [1.54, 1.807) is 13.0 Å². The van der Waals surface area contributed by atoms with Gasteiger partial charge in [0.15, 0.2) is 6.10 Å². The van der Waals surface area contributed by atoms with E-state index in [0.29, 0.717) is 25.9 Å². The van der Waals surface area contributed by atoms with Crippen molar-refractivity contribution in [3.63, 3.8) is 0 Å². The molecule has 0 amide bonds. The van der Waals surface area contributed by atoms with Crippen LogP contribution in [0.2, 0.25) is 0 Å². The predicted molar refractivity (Wildman–Crippen MR) is 125 cm³/mol. The van der Waals surface area contributed by atoms with Gasteiger partial charge in [0.2, 0.25) is 0 Å². The zero-order chi connectivity index (χ0) is 26.9. The molecule has 11 heteroatoms. The quantitative estimate of drug-likeness (QED) is 0.298. The van der Waals surface area contributed by atoms with Crippen molar-refractivity contribution in [2.24, 2.45) is 10.8 Å². The summed E-state index contributed by atoms with van der Waals surface area (Å²) in [7, 11) is 0. The fourth-order valence-corrected chi connectivity index (χ4v) is 7.02. The van der Waals surface area contributed by atoms with Gasteiger partial charge in [-0.3, -0.25) is 0 Å². The summed E-state index contributed by atoms with van der Waals surface area (Å²) in [6.45, 7) is 4.06. The topological polar surface area (TPSA) is 150 Å². The molecule has 4 aliphatic heterocycles. The van der Waals surface area contributed by atoms with E-state index < -0.39 is 70.3 Å². The first-order valence-corrected chi connectivity index (χ1v) is 12.8. The molecule has 6 rings (SSSR count). The minimum atomic E-state index is -1.02. The van der Waals surface area contributed by atoms with Crippen LogP contribution in [0.25, 0.3) is 0 Å². The second-order valence-corrected chi connectivity index (χ2v) is 11.3. The fraction of sp³-hybridized carbons (Fsp3) is 0.630. The fourth-order valence-electron chi connectivity index (χ4n) is 7.02. The average molecular weight is 531 g/mol. The van der Waals surface area contributed by atoms with E-state index in [1.807, 2.05) is 6.92 Å². The number of ether oxygens (including phenoxy) is 6. The lowest BCUT2D eigenvalue weighted by Gasteiger charge is -2.58. The molecule has 4 fully saturated rings. The molecule has 8 unspecified atom stereocenters. The van der Waals surface area contributed by atoms with E-state index in [1.165, 1.54) is 24.3 Å². The normalized spacial score (nSPS) is 45.9. The van der Waals surface area contributed by atoms with Crippen LogP contribution in [0.3, 0.4) is 0 Å². The van der Waals surface area contributed by atoms with E-state index in [2.05, 4.69) is 0 Å². The summed E-state index contributed by atoms with van der Waals surface area (Å²) in [5.74, 6) is -2.78. The Morgan fingerprint density at radius 3 is 2.45 bits per heavy atom. The van der Waals surface area contributed by atoms with E-state index in [-0.39, 0.29) is 25.2 Å². The van der Waals surface area contributed by atoms with Crippen molar-refractivity contribution in [3.05, 3.63) is 36.0 Å². The van der Waals surface area contributed by atoms with Gasteiger partial charge >= 0.3 is 23.9 Å². The van der Waals surface area contributed by atoms with Gasteiger partial charge in [-0.05, 0) is 25.8 Å². The maximum atomic E-state index is 13.1. The third-order valence-corrected chi connectivity index (χ3v) is 9.53. The summed E-state index contributed by atoms with van der Waals surface area (Å²) < 4.78 is 35.1. The molecule has 0 radical (unpaired) electrons. The minimum Gasteiger partial charge on any atom is -0.478 e. The summed E-state index contributed by atoms with van der Waals surface area (Å²) in [5, 5.41) is 9.68. The molecule has 2 bridgehead atoms. The molecule has 1 saturated carbocycles. The van der Waals surface area contributed by atoms with Crippen LogP contribution in [0, 0.1) is 10.8 Å². The van der Waals surface area contributed by atoms with Gasteiger partial charge < -0.3 is 33.5 Å². The number of hydrogen-bond donors (Lipinski definition) is 1. The molecular formula is C27H30O11. The van der Waals surface area contributed by atoms with Gasteiger partial charge in [0, 0.05) is 36.0 Å². The molecular weight excluding hydrogens is 500 g/mol. The lowest BCUT2D eigenvalue weighted by atomic mass is 9.51. The maximum absolute atomic E-state index is 13.1. The number of allylic oxidation sites excluding steroid dienone is 2. The number of rotatable bonds is 1. The maximum Gasteiger partial charge on any atom is 0.338 e. The minimum absolute atomic E-state index is 0.0405. The van der Waals surface area contributed by atoms with Gasteiger partial charge in [-0.2, -0.15) is 0 Å². The molecule has 2 aliphatic carbocycles. The molecule has 11 nitrogen and oxygen atoms in total. The van der Waals surface area contributed by atoms with Crippen molar-refractivity contribution < 1.29 is 52.7 Å². The molecule has 8 atom stereocenters. The summed E-state index contributed by atoms with van der Waals surface area (Å²) in [6, 6.07) is 0. The summed E-state index contributed by atoms with van der Waals surface area (Å²) >= 11 is 0. The number of esters is 3. The van der Waals surface area contributed by atoms with Crippen molar-refractivity contribution in [1.29, 1.82) is 0 Å². The van der Waals surface area contributed by atoms with E-state index in [4.69, 9.17) is 28.4 Å². The molecule has 0 aromatic carbocycles. The first-order valence-electron chi connectivity index (χ1n) is 12.8. The molecule has 0 aromatic heterocycles. The van der Waals surface area contributed by atoms with Gasteiger partial charge in [0.25, 0.3) is 0 Å². The Morgan fingerprint density at radius 2 is 1.74 bits per heavy atom. The van der Waals surface area contributed by atoms with Crippen molar-refractivity contribution in [2.45, 2.75) is 75.1 Å². The zero-order valence-electron chi connectivity index (χ0n) is 21.2. The van der Waals surface area contributed by atoms with E-state index >= 15 is 0 Å². The van der Waals surface area contributed by atoms with Gasteiger partial charge in [0.05, 0.1) is 30.8 Å². The predicted octanol–water partition coefficient (Wildman–Crippen LogP) is 1.40. The van der Waals surface area contributed by atoms with Crippen LogP contribution in [0.15, 0.2) is 36.0 Å². The number of hydrogen-bond acceptors (Lipinski definition) is 10. The highest BCUT2D eigenvalue weighted by molar-refractivity contribution is 5.87. The highest BCUT2D eigenvalue weighted by Gasteiger charge is 2.83. The van der Waals surface area contributed by atoms with E-state index in [9.17, 15) is 24.3 Å². The van der Waals surface area contributed by atoms with Gasteiger partial charge in [-0.1, -0.05) is 19.1 Å². The first-order chi connectivity index (χ1) is 18.0. The smallest absolute Gasteiger partial charge is 0.338 e. The standard InChI is InChI=1S/C27H30O11/c1-24-9-10-33-19(28)5-3-4-6-20(29)37-16-12-18-27(14-35-27)25(16,2)26(13-34-23(32)21(24)38-24)8-7-15(22(30)31)11-17(26)36-18/h3-6,11,16-18,21H,7-10,12-14H2,1-2H3,(H,30,31). The van der Waals surface area contributed by atoms with Gasteiger partial charge in [-0.25, -0.2) is 19.2 Å². The number of carboxylic acid groups (broad SMARTS) is 1. The highest BCUT2D eigenvalue weighted by atomic mass is 16.7. The van der Waals surface area contributed by atoms with Crippen LogP contribution in [-0.2, 0) is 47.6 Å². The van der Waals surface area contributed by atoms with Crippen LogP contribution in [0.4, 0.5) is 0 Å². The molecule has 0 aromatic rings. The molecule has 4 heterocycles. The van der Waals surface area contributed by atoms with Crippen molar-refractivity contribution in [2.75, 3.05) is 19.8 Å². The molecule has 2 spiro atoms. The average Bonchev–Trinajstić information content (AvgIpc) is 3.78.